The lowest BCUT2D eigenvalue weighted by atomic mass is 10.4. The summed E-state index contributed by atoms with van der Waals surface area (Å²) < 4.78 is 33.4. The zero-order valence-corrected chi connectivity index (χ0v) is 9.55. The predicted octanol–water partition coefficient (Wildman–Crippen LogP) is 0.963. The molecule has 0 amide bonds. The lowest BCUT2D eigenvalue weighted by Gasteiger charge is -2.16. The van der Waals surface area contributed by atoms with Crippen LogP contribution in [0.3, 0.4) is 0 Å². The Morgan fingerprint density at radius 2 is 1.71 bits per heavy atom. The molecule has 0 heterocycles. The Bertz CT molecular complexity index is 250. The summed E-state index contributed by atoms with van der Waals surface area (Å²) in [6.07, 6.45) is 3.01. The maximum absolute atomic E-state index is 11.8. The second kappa shape index (κ2) is 5.09. The molecule has 0 spiro atoms. The minimum Gasteiger partial charge on any atom is -0.355 e. The van der Waals surface area contributed by atoms with E-state index in [2.05, 4.69) is 0 Å². The van der Waals surface area contributed by atoms with Crippen LogP contribution in [0.2, 0.25) is 0 Å². The zero-order valence-electron chi connectivity index (χ0n) is 8.73. The van der Waals surface area contributed by atoms with Crippen LogP contribution < -0.4 is 0 Å². The van der Waals surface area contributed by atoms with E-state index in [0.29, 0.717) is 0 Å². The van der Waals surface area contributed by atoms with Crippen LogP contribution in [-0.2, 0) is 19.3 Å². The number of sulfone groups is 1. The molecule has 1 aliphatic carbocycles. The number of methoxy groups -OCH3 is 2. The van der Waals surface area contributed by atoms with Crippen molar-refractivity contribution >= 4 is 9.84 Å². The van der Waals surface area contributed by atoms with Gasteiger partial charge < -0.3 is 9.47 Å². The second-order valence-electron chi connectivity index (χ2n) is 3.64. The van der Waals surface area contributed by atoms with Crippen molar-refractivity contribution in [2.24, 2.45) is 0 Å². The van der Waals surface area contributed by atoms with Crippen molar-refractivity contribution in [2.45, 2.75) is 37.2 Å². The quantitative estimate of drug-likeness (QED) is 0.650. The number of ether oxygens (including phenoxy) is 2. The standard InChI is InChI=1S/C9H18O4S/c1-12-9(13-2)7-14(10,11)8-5-3-4-6-8/h8-9H,3-7H2,1-2H3. The highest BCUT2D eigenvalue weighted by molar-refractivity contribution is 7.92. The molecule has 1 saturated carbocycles. The van der Waals surface area contributed by atoms with E-state index < -0.39 is 16.1 Å². The van der Waals surface area contributed by atoms with E-state index >= 15 is 0 Å². The smallest absolute Gasteiger partial charge is 0.170 e. The largest absolute Gasteiger partial charge is 0.355 e. The Morgan fingerprint density at radius 1 is 1.21 bits per heavy atom. The monoisotopic (exact) mass is 222 g/mol. The minimum absolute atomic E-state index is 0.0231. The number of hydrogen-bond acceptors (Lipinski definition) is 4. The van der Waals surface area contributed by atoms with E-state index in [-0.39, 0.29) is 11.0 Å². The third-order valence-electron chi connectivity index (χ3n) is 2.70. The maximum atomic E-state index is 11.8. The van der Waals surface area contributed by atoms with Crippen molar-refractivity contribution in [3.8, 4) is 0 Å². The average Bonchev–Trinajstić information content (AvgIpc) is 2.67. The van der Waals surface area contributed by atoms with E-state index in [9.17, 15) is 8.42 Å². The number of rotatable bonds is 5. The Kier molecular flexibility index (Phi) is 4.34. The van der Waals surface area contributed by atoms with Crippen LogP contribution >= 0.6 is 0 Å². The van der Waals surface area contributed by atoms with Crippen LogP contribution in [0, 0.1) is 0 Å². The van der Waals surface area contributed by atoms with Gasteiger partial charge in [-0.2, -0.15) is 0 Å². The molecule has 0 saturated heterocycles. The fourth-order valence-corrected chi connectivity index (χ4v) is 3.78. The van der Waals surface area contributed by atoms with Gasteiger partial charge in [0.1, 0.15) is 5.75 Å². The van der Waals surface area contributed by atoms with Gasteiger partial charge in [0.15, 0.2) is 16.1 Å². The Balaban J connectivity index is 2.56. The normalized spacial score (nSPS) is 19.4. The van der Waals surface area contributed by atoms with Gasteiger partial charge >= 0.3 is 0 Å². The molecule has 0 aliphatic heterocycles. The van der Waals surface area contributed by atoms with Gasteiger partial charge in [0.2, 0.25) is 0 Å². The Morgan fingerprint density at radius 3 is 2.14 bits per heavy atom. The molecule has 0 N–H and O–H groups in total. The highest BCUT2D eigenvalue weighted by Gasteiger charge is 2.31. The van der Waals surface area contributed by atoms with Gasteiger partial charge in [-0.25, -0.2) is 8.42 Å². The number of hydrogen-bond donors (Lipinski definition) is 0. The highest BCUT2D eigenvalue weighted by atomic mass is 32.2. The molecule has 0 bridgehead atoms. The molecule has 0 aromatic rings. The molecule has 0 aromatic carbocycles. The molecule has 0 unspecified atom stereocenters. The van der Waals surface area contributed by atoms with Crippen LogP contribution in [0.1, 0.15) is 25.7 Å². The summed E-state index contributed by atoms with van der Waals surface area (Å²) in [6, 6.07) is 0. The molecule has 0 aromatic heterocycles. The van der Waals surface area contributed by atoms with Crippen molar-refractivity contribution in [3.63, 3.8) is 0 Å². The topological polar surface area (TPSA) is 52.6 Å². The van der Waals surface area contributed by atoms with E-state index in [4.69, 9.17) is 9.47 Å². The molecule has 1 rings (SSSR count). The molecular formula is C9H18O4S. The van der Waals surface area contributed by atoms with E-state index in [1.165, 1.54) is 14.2 Å². The summed E-state index contributed by atoms with van der Waals surface area (Å²) in [6.45, 7) is 0. The average molecular weight is 222 g/mol. The second-order valence-corrected chi connectivity index (χ2v) is 5.96. The molecule has 0 radical (unpaired) electrons. The summed E-state index contributed by atoms with van der Waals surface area (Å²) in [4.78, 5) is 0. The summed E-state index contributed by atoms with van der Waals surface area (Å²) in [5.74, 6) is -0.0231. The summed E-state index contributed by atoms with van der Waals surface area (Å²) in [5.41, 5.74) is 0. The molecule has 5 heteroatoms. The molecular weight excluding hydrogens is 204 g/mol. The van der Waals surface area contributed by atoms with E-state index in [1.54, 1.807) is 0 Å². The highest BCUT2D eigenvalue weighted by Crippen LogP contribution is 2.25. The summed E-state index contributed by atoms with van der Waals surface area (Å²) >= 11 is 0. The van der Waals surface area contributed by atoms with Crippen LogP contribution in [0.5, 0.6) is 0 Å². The fourth-order valence-electron chi connectivity index (χ4n) is 1.81. The minimum atomic E-state index is -3.03. The molecule has 1 fully saturated rings. The fraction of sp³-hybridized carbons (Fsp3) is 1.00. The molecule has 0 atom stereocenters. The summed E-state index contributed by atoms with van der Waals surface area (Å²) in [5, 5.41) is -0.171. The van der Waals surface area contributed by atoms with Gasteiger partial charge in [0, 0.05) is 14.2 Å². The van der Waals surface area contributed by atoms with Gasteiger partial charge in [0.25, 0.3) is 0 Å². The lowest BCUT2D eigenvalue weighted by molar-refractivity contribution is -0.0852. The first kappa shape index (κ1) is 11.9. The zero-order chi connectivity index (χ0) is 10.6. The van der Waals surface area contributed by atoms with Crippen LogP contribution in [0.15, 0.2) is 0 Å². The van der Waals surface area contributed by atoms with Crippen molar-refractivity contribution in [2.75, 3.05) is 20.0 Å². The lowest BCUT2D eigenvalue weighted by Crippen LogP contribution is -2.30. The molecule has 14 heavy (non-hydrogen) atoms. The van der Waals surface area contributed by atoms with Crippen molar-refractivity contribution in [3.05, 3.63) is 0 Å². The first-order chi connectivity index (χ1) is 6.60. The van der Waals surface area contributed by atoms with Crippen LogP contribution in [0.4, 0.5) is 0 Å². The first-order valence-corrected chi connectivity index (χ1v) is 6.59. The van der Waals surface area contributed by atoms with Crippen LogP contribution in [-0.4, -0.2) is 39.9 Å². The third kappa shape index (κ3) is 2.93. The van der Waals surface area contributed by atoms with Gasteiger partial charge in [-0.1, -0.05) is 12.8 Å². The SMILES string of the molecule is COC(CS(=O)(=O)C1CCCC1)OC. The maximum Gasteiger partial charge on any atom is 0.170 e. The van der Waals surface area contributed by atoms with Crippen LogP contribution in [0.25, 0.3) is 0 Å². The van der Waals surface area contributed by atoms with Gasteiger partial charge in [-0.05, 0) is 12.8 Å². The van der Waals surface area contributed by atoms with Crippen molar-refractivity contribution in [1.29, 1.82) is 0 Å². The van der Waals surface area contributed by atoms with Gasteiger partial charge in [-0.15, -0.1) is 0 Å². The summed E-state index contributed by atoms with van der Waals surface area (Å²) in [7, 11) is -0.120. The predicted molar refractivity (Wildman–Crippen MR) is 53.8 cm³/mol. The third-order valence-corrected chi connectivity index (χ3v) is 4.93. The Labute approximate surface area is 85.5 Å². The molecule has 4 nitrogen and oxygen atoms in total. The van der Waals surface area contributed by atoms with E-state index in [1.807, 2.05) is 0 Å². The van der Waals surface area contributed by atoms with Gasteiger partial charge in [0.05, 0.1) is 5.25 Å². The molecule has 1 aliphatic rings. The first-order valence-electron chi connectivity index (χ1n) is 4.87. The van der Waals surface area contributed by atoms with Crippen molar-refractivity contribution in [1.82, 2.24) is 0 Å². The molecule has 84 valence electrons. The van der Waals surface area contributed by atoms with Crippen molar-refractivity contribution < 1.29 is 17.9 Å². The van der Waals surface area contributed by atoms with E-state index in [0.717, 1.165) is 25.7 Å². The Hall–Kier alpha value is -0.130. The van der Waals surface area contributed by atoms with Gasteiger partial charge in [-0.3, -0.25) is 0 Å².